The fraction of sp³-hybridized carbons (Fsp3) is 0.190. The molecule has 180 valence electrons. The molecule has 0 atom stereocenters. The molecule has 3 N–H and O–H groups in total. The molecule has 0 radical (unpaired) electrons. The van der Waals surface area contributed by atoms with E-state index in [2.05, 4.69) is 15.0 Å². The van der Waals surface area contributed by atoms with Gasteiger partial charge in [0, 0.05) is 24.8 Å². The Kier molecular flexibility index (Phi) is 7.07. The van der Waals surface area contributed by atoms with Crippen LogP contribution in [-0.2, 0) is 16.2 Å². The van der Waals surface area contributed by atoms with Gasteiger partial charge in [0.05, 0.1) is 33.6 Å². The number of nitrogens with zero attached hydrogens (tertiary/aromatic N) is 1. The summed E-state index contributed by atoms with van der Waals surface area (Å²) in [6.45, 7) is -0.148. The Labute approximate surface area is 192 Å². The van der Waals surface area contributed by atoms with E-state index in [0.717, 1.165) is 18.4 Å². The number of sulfonamides is 1. The number of amides is 1. The molecule has 3 aromatic rings. The van der Waals surface area contributed by atoms with Crippen molar-refractivity contribution in [2.45, 2.75) is 6.18 Å². The van der Waals surface area contributed by atoms with Gasteiger partial charge in [-0.15, -0.1) is 0 Å². The summed E-state index contributed by atoms with van der Waals surface area (Å²) in [5.74, 6) is -0.655. The molecule has 0 aliphatic rings. The molecule has 0 aliphatic heterocycles. The van der Waals surface area contributed by atoms with E-state index in [0.29, 0.717) is 5.56 Å². The van der Waals surface area contributed by atoms with Crippen molar-refractivity contribution in [2.24, 2.45) is 0 Å². The summed E-state index contributed by atoms with van der Waals surface area (Å²) in [5.41, 5.74) is -0.342. The molecule has 0 fully saturated rings. The molecule has 13 heteroatoms. The fourth-order valence-corrected chi connectivity index (χ4v) is 3.67. The Hall–Kier alpha value is -3.71. The lowest BCUT2D eigenvalue weighted by Gasteiger charge is -2.07. The maximum atomic E-state index is 12.9. The molecule has 0 saturated heterocycles. The van der Waals surface area contributed by atoms with Crippen molar-refractivity contribution in [3.8, 4) is 22.5 Å². The van der Waals surface area contributed by atoms with Gasteiger partial charge in [0.25, 0.3) is 11.6 Å². The maximum absolute atomic E-state index is 12.9. The summed E-state index contributed by atoms with van der Waals surface area (Å²) >= 11 is 0. The number of carbonyl (C=O) groups is 1. The summed E-state index contributed by atoms with van der Waals surface area (Å²) in [7, 11) is -3.46. The van der Waals surface area contributed by atoms with E-state index in [9.17, 15) is 36.5 Å². The molecule has 0 aliphatic carbocycles. The Morgan fingerprint density at radius 1 is 1.09 bits per heavy atom. The summed E-state index contributed by atoms with van der Waals surface area (Å²) in [6, 6.07) is 11.3. The maximum Gasteiger partial charge on any atom is 0.416 e. The first-order valence-electron chi connectivity index (χ1n) is 9.74. The van der Waals surface area contributed by atoms with E-state index in [1.54, 1.807) is 6.07 Å². The first-order valence-corrected chi connectivity index (χ1v) is 11.6. The normalized spacial score (nSPS) is 11.9. The van der Waals surface area contributed by atoms with Crippen molar-refractivity contribution in [1.82, 2.24) is 15.0 Å². The lowest BCUT2D eigenvalue weighted by Crippen LogP contribution is -2.34. The van der Waals surface area contributed by atoms with Gasteiger partial charge >= 0.3 is 6.18 Å². The van der Waals surface area contributed by atoms with E-state index in [1.165, 1.54) is 36.4 Å². The number of hydrogen-bond acceptors (Lipinski definition) is 5. The highest BCUT2D eigenvalue weighted by atomic mass is 32.2. The van der Waals surface area contributed by atoms with Crippen molar-refractivity contribution in [3.05, 3.63) is 75.8 Å². The quantitative estimate of drug-likeness (QED) is 0.249. The average molecular weight is 496 g/mol. The van der Waals surface area contributed by atoms with Gasteiger partial charge in [0.1, 0.15) is 0 Å². The molecule has 3 rings (SSSR count). The second-order valence-corrected chi connectivity index (χ2v) is 9.08. The van der Waals surface area contributed by atoms with Crippen LogP contribution in [0.4, 0.5) is 18.9 Å². The third kappa shape index (κ3) is 5.99. The minimum Gasteiger partial charge on any atom is -0.354 e. The number of hydrogen-bond donors (Lipinski definition) is 3. The molecule has 34 heavy (non-hydrogen) atoms. The molecular formula is C21H19F3N4O5S. The van der Waals surface area contributed by atoms with Gasteiger partial charge in [-0.1, -0.05) is 24.3 Å². The van der Waals surface area contributed by atoms with Crippen LogP contribution in [0.15, 0.2) is 54.6 Å². The Bertz CT molecular complexity index is 1320. The number of aromatic amines is 1. The molecule has 1 aromatic heterocycles. The first-order chi connectivity index (χ1) is 15.9. The summed E-state index contributed by atoms with van der Waals surface area (Å²) in [6.07, 6.45) is -3.56. The van der Waals surface area contributed by atoms with Gasteiger partial charge in [-0.2, -0.15) is 13.2 Å². The van der Waals surface area contributed by atoms with E-state index >= 15 is 0 Å². The van der Waals surface area contributed by atoms with Gasteiger partial charge < -0.3 is 10.3 Å². The molecule has 0 saturated carbocycles. The van der Waals surface area contributed by atoms with Crippen LogP contribution in [0.3, 0.4) is 0 Å². The van der Waals surface area contributed by atoms with Crippen molar-refractivity contribution >= 4 is 21.6 Å². The van der Waals surface area contributed by atoms with Crippen LogP contribution in [0.25, 0.3) is 22.5 Å². The number of nitro groups is 1. The molecule has 0 unspecified atom stereocenters. The van der Waals surface area contributed by atoms with Crippen molar-refractivity contribution in [1.29, 1.82) is 0 Å². The van der Waals surface area contributed by atoms with Crippen LogP contribution in [0.2, 0.25) is 0 Å². The first kappa shape index (κ1) is 24.9. The molecule has 9 nitrogen and oxygen atoms in total. The predicted molar refractivity (Wildman–Crippen MR) is 119 cm³/mol. The highest BCUT2D eigenvalue weighted by Crippen LogP contribution is 2.35. The number of nitrogens with one attached hydrogen (secondary N) is 3. The minimum absolute atomic E-state index is 0.00329. The van der Waals surface area contributed by atoms with Gasteiger partial charge in [-0.3, -0.25) is 14.9 Å². The molecule has 0 bridgehead atoms. The van der Waals surface area contributed by atoms with E-state index in [1.807, 2.05) is 0 Å². The number of benzene rings is 2. The van der Waals surface area contributed by atoms with Crippen LogP contribution < -0.4 is 10.0 Å². The third-order valence-corrected chi connectivity index (χ3v) is 5.46. The lowest BCUT2D eigenvalue weighted by atomic mass is 10.0. The zero-order chi connectivity index (χ0) is 25.1. The Morgan fingerprint density at radius 3 is 2.32 bits per heavy atom. The largest absolute Gasteiger partial charge is 0.416 e. The standard InChI is InChI=1S/C21H19F3N4O5S/c1-34(32,33)26-11-10-25-20(29)16-12-17(13-6-8-14(9-7-13)21(22,23)24)27-19(16)15-4-2-3-5-18(15)28(30)31/h2-9,12,26-27H,10-11H2,1H3,(H,25,29). The number of alkyl halides is 3. The van der Waals surface area contributed by atoms with Gasteiger partial charge in [-0.05, 0) is 29.8 Å². The number of rotatable bonds is 8. The second-order valence-electron chi connectivity index (χ2n) is 7.24. The van der Waals surface area contributed by atoms with E-state index < -0.39 is 32.6 Å². The highest BCUT2D eigenvalue weighted by Gasteiger charge is 2.30. The zero-order valence-corrected chi connectivity index (χ0v) is 18.5. The number of H-pyrrole nitrogens is 1. The van der Waals surface area contributed by atoms with Gasteiger partial charge in [0.15, 0.2) is 0 Å². The van der Waals surface area contributed by atoms with E-state index in [4.69, 9.17) is 0 Å². The number of aromatic nitrogens is 1. The second kappa shape index (κ2) is 9.65. The van der Waals surface area contributed by atoms with Crippen LogP contribution in [0.1, 0.15) is 15.9 Å². The number of para-hydroxylation sites is 1. The molecule has 2 aromatic carbocycles. The number of halogens is 3. The van der Waals surface area contributed by atoms with Crippen LogP contribution >= 0.6 is 0 Å². The molecule has 1 amide bonds. The highest BCUT2D eigenvalue weighted by molar-refractivity contribution is 7.88. The summed E-state index contributed by atoms with van der Waals surface area (Å²) in [5, 5.41) is 14.0. The molecule has 1 heterocycles. The summed E-state index contributed by atoms with van der Waals surface area (Å²) < 4.78 is 63.2. The zero-order valence-electron chi connectivity index (χ0n) is 17.6. The topological polar surface area (TPSA) is 134 Å². The van der Waals surface area contributed by atoms with Gasteiger partial charge in [0.2, 0.25) is 10.0 Å². The number of carbonyl (C=O) groups excluding carboxylic acids is 1. The smallest absolute Gasteiger partial charge is 0.354 e. The van der Waals surface area contributed by atoms with Crippen LogP contribution in [0, 0.1) is 10.1 Å². The predicted octanol–water partition coefficient (Wildman–Crippen LogP) is 3.55. The van der Waals surface area contributed by atoms with Crippen molar-refractivity contribution in [2.75, 3.05) is 19.3 Å². The average Bonchev–Trinajstić information content (AvgIpc) is 3.21. The van der Waals surface area contributed by atoms with Crippen molar-refractivity contribution in [3.63, 3.8) is 0 Å². The molecule has 0 spiro atoms. The fourth-order valence-electron chi connectivity index (χ4n) is 3.19. The van der Waals surface area contributed by atoms with Gasteiger partial charge in [-0.25, -0.2) is 13.1 Å². The summed E-state index contributed by atoms with van der Waals surface area (Å²) in [4.78, 5) is 26.6. The number of nitro benzene ring substituents is 1. The lowest BCUT2D eigenvalue weighted by molar-refractivity contribution is -0.384. The Morgan fingerprint density at radius 2 is 1.74 bits per heavy atom. The van der Waals surface area contributed by atoms with Crippen molar-refractivity contribution < 1.29 is 31.3 Å². The third-order valence-electron chi connectivity index (χ3n) is 4.73. The van der Waals surface area contributed by atoms with E-state index in [-0.39, 0.29) is 41.3 Å². The SMILES string of the molecule is CS(=O)(=O)NCCNC(=O)c1cc(-c2ccc(C(F)(F)F)cc2)[nH]c1-c1ccccc1[N+](=O)[O-]. The van der Waals surface area contributed by atoms with Crippen LogP contribution in [-0.4, -0.2) is 43.6 Å². The van der Waals surface area contributed by atoms with Crippen LogP contribution in [0.5, 0.6) is 0 Å². The minimum atomic E-state index is -4.52. The Balaban J connectivity index is 2.01. The molecular weight excluding hydrogens is 477 g/mol. The monoisotopic (exact) mass is 496 g/mol.